The van der Waals surface area contributed by atoms with Crippen LogP contribution >= 0.6 is 0 Å². The van der Waals surface area contributed by atoms with Crippen molar-refractivity contribution in [1.82, 2.24) is 0 Å². The summed E-state index contributed by atoms with van der Waals surface area (Å²) in [5.74, 6) is 1.46. The van der Waals surface area contributed by atoms with Gasteiger partial charge in [0.05, 0.1) is 6.04 Å². The Morgan fingerprint density at radius 2 is 2.00 bits per heavy atom. The SMILES string of the molecule is C[C@H]([NH2+]C1CCCCC1)C(=O)Nc1ccc2c(c1)OCO2. The molecular formula is C16H23N2O3+. The zero-order valence-corrected chi connectivity index (χ0v) is 12.4. The number of amides is 1. The van der Waals surface area contributed by atoms with Gasteiger partial charge in [0, 0.05) is 11.8 Å². The van der Waals surface area contributed by atoms with Crippen LogP contribution in [0.4, 0.5) is 5.69 Å². The molecule has 3 N–H and O–H groups in total. The lowest BCUT2D eigenvalue weighted by atomic mass is 9.95. The Balaban J connectivity index is 1.55. The van der Waals surface area contributed by atoms with Crippen LogP contribution in [-0.2, 0) is 4.79 Å². The second-order valence-electron chi connectivity index (χ2n) is 5.94. The number of quaternary nitrogens is 1. The van der Waals surface area contributed by atoms with Gasteiger partial charge in [-0.15, -0.1) is 0 Å². The van der Waals surface area contributed by atoms with Crippen molar-refractivity contribution in [3.8, 4) is 11.5 Å². The normalized spacial score (nSPS) is 19.3. The van der Waals surface area contributed by atoms with Gasteiger partial charge in [-0.2, -0.15) is 0 Å². The summed E-state index contributed by atoms with van der Waals surface area (Å²) in [6.07, 6.45) is 6.36. The molecule has 1 aromatic rings. The maximum atomic E-state index is 12.3. The molecule has 21 heavy (non-hydrogen) atoms. The minimum atomic E-state index is -0.0708. The minimum absolute atomic E-state index is 0.0411. The smallest absolute Gasteiger partial charge is 0.282 e. The topological polar surface area (TPSA) is 64.2 Å². The van der Waals surface area contributed by atoms with Crippen LogP contribution < -0.4 is 20.1 Å². The van der Waals surface area contributed by atoms with Crippen molar-refractivity contribution in [2.75, 3.05) is 12.1 Å². The van der Waals surface area contributed by atoms with E-state index in [0.29, 0.717) is 11.8 Å². The third kappa shape index (κ3) is 3.47. The van der Waals surface area contributed by atoms with Gasteiger partial charge in [0.25, 0.3) is 5.91 Å². The van der Waals surface area contributed by atoms with Crippen molar-refractivity contribution >= 4 is 11.6 Å². The van der Waals surface area contributed by atoms with Gasteiger partial charge in [0.2, 0.25) is 6.79 Å². The number of nitrogens with two attached hydrogens (primary N) is 1. The molecule has 114 valence electrons. The second-order valence-corrected chi connectivity index (χ2v) is 5.94. The number of nitrogens with one attached hydrogen (secondary N) is 1. The lowest BCUT2D eigenvalue weighted by molar-refractivity contribution is -0.708. The maximum Gasteiger partial charge on any atom is 0.282 e. The molecule has 5 heteroatoms. The van der Waals surface area contributed by atoms with E-state index in [4.69, 9.17) is 9.47 Å². The summed E-state index contributed by atoms with van der Waals surface area (Å²) in [4.78, 5) is 12.3. The molecule has 1 atom stereocenters. The highest BCUT2D eigenvalue weighted by Crippen LogP contribution is 2.34. The molecule has 0 unspecified atom stereocenters. The Hall–Kier alpha value is -1.75. The number of fused-ring (bicyclic) bond motifs is 1. The molecule has 1 aromatic carbocycles. The molecule has 1 aliphatic carbocycles. The van der Waals surface area contributed by atoms with Crippen molar-refractivity contribution in [3.63, 3.8) is 0 Å². The fourth-order valence-corrected chi connectivity index (χ4v) is 3.05. The maximum absolute atomic E-state index is 12.3. The van der Waals surface area contributed by atoms with E-state index in [1.807, 2.05) is 25.1 Å². The van der Waals surface area contributed by atoms with E-state index in [9.17, 15) is 4.79 Å². The molecule has 1 saturated carbocycles. The molecule has 0 radical (unpaired) electrons. The highest BCUT2D eigenvalue weighted by Gasteiger charge is 2.24. The Morgan fingerprint density at radius 3 is 2.81 bits per heavy atom. The van der Waals surface area contributed by atoms with Gasteiger partial charge < -0.3 is 20.1 Å². The molecule has 0 spiro atoms. The fraction of sp³-hybridized carbons (Fsp3) is 0.562. The Morgan fingerprint density at radius 1 is 1.24 bits per heavy atom. The largest absolute Gasteiger partial charge is 0.454 e. The quantitative estimate of drug-likeness (QED) is 0.886. The Kier molecular flexibility index (Phi) is 4.29. The summed E-state index contributed by atoms with van der Waals surface area (Å²) in [6.45, 7) is 2.22. The van der Waals surface area contributed by atoms with Crippen LogP contribution in [0.3, 0.4) is 0 Å². The van der Waals surface area contributed by atoms with Crippen LogP contribution in [0.15, 0.2) is 18.2 Å². The van der Waals surface area contributed by atoms with Crippen molar-refractivity contribution in [3.05, 3.63) is 18.2 Å². The number of carbonyl (C=O) groups is 1. The first-order valence-electron chi connectivity index (χ1n) is 7.78. The number of rotatable bonds is 4. The second kappa shape index (κ2) is 6.35. The highest BCUT2D eigenvalue weighted by molar-refractivity contribution is 5.93. The van der Waals surface area contributed by atoms with E-state index in [0.717, 1.165) is 11.4 Å². The molecule has 1 aliphatic heterocycles. The van der Waals surface area contributed by atoms with Gasteiger partial charge in [0.15, 0.2) is 17.5 Å². The predicted octanol–water partition coefficient (Wildman–Crippen LogP) is 1.64. The van der Waals surface area contributed by atoms with E-state index in [2.05, 4.69) is 10.6 Å². The van der Waals surface area contributed by atoms with Crippen LogP contribution in [0.5, 0.6) is 11.5 Å². The summed E-state index contributed by atoms with van der Waals surface area (Å²) in [6, 6.07) is 6.01. The fourth-order valence-electron chi connectivity index (χ4n) is 3.05. The van der Waals surface area contributed by atoms with Crippen molar-refractivity contribution in [1.29, 1.82) is 0 Å². The molecule has 3 rings (SSSR count). The highest BCUT2D eigenvalue weighted by atomic mass is 16.7. The summed E-state index contributed by atoms with van der Waals surface area (Å²) < 4.78 is 10.6. The molecule has 0 saturated heterocycles. The number of hydrogen-bond donors (Lipinski definition) is 2. The molecule has 0 aromatic heterocycles. The van der Waals surface area contributed by atoms with E-state index in [-0.39, 0.29) is 18.7 Å². The van der Waals surface area contributed by atoms with E-state index in [1.54, 1.807) is 0 Å². The lowest BCUT2D eigenvalue weighted by Crippen LogP contribution is -2.96. The van der Waals surface area contributed by atoms with Gasteiger partial charge in [-0.05, 0) is 44.7 Å². The standard InChI is InChI=1S/C16H22N2O3/c1-11(17-12-5-3-2-4-6-12)16(19)18-13-7-8-14-15(9-13)21-10-20-14/h7-9,11-12,17H,2-6,10H2,1H3,(H,18,19)/p+1/t11-/m0/s1. The summed E-state index contributed by atoms with van der Waals surface area (Å²) in [5.41, 5.74) is 0.758. The molecule has 1 heterocycles. The predicted molar refractivity (Wildman–Crippen MR) is 79.5 cm³/mol. The molecule has 2 aliphatic rings. The Labute approximate surface area is 125 Å². The first-order chi connectivity index (χ1) is 10.2. The van der Waals surface area contributed by atoms with Crippen LogP contribution in [0.1, 0.15) is 39.0 Å². The van der Waals surface area contributed by atoms with E-state index in [1.165, 1.54) is 32.1 Å². The molecule has 1 fully saturated rings. The first kappa shape index (κ1) is 14.2. The number of benzene rings is 1. The number of hydrogen-bond acceptors (Lipinski definition) is 3. The molecule has 0 bridgehead atoms. The van der Waals surface area contributed by atoms with Crippen molar-refractivity contribution in [2.24, 2.45) is 0 Å². The molecule has 1 amide bonds. The van der Waals surface area contributed by atoms with Crippen LogP contribution in [0.2, 0.25) is 0 Å². The average Bonchev–Trinajstić information content (AvgIpc) is 2.95. The van der Waals surface area contributed by atoms with Gasteiger partial charge in [-0.25, -0.2) is 0 Å². The molecular weight excluding hydrogens is 268 g/mol. The minimum Gasteiger partial charge on any atom is -0.454 e. The zero-order valence-electron chi connectivity index (χ0n) is 12.4. The third-order valence-electron chi connectivity index (χ3n) is 4.26. The van der Waals surface area contributed by atoms with Crippen LogP contribution in [-0.4, -0.2) is 24.8 Å². The lowest BCUT2D eigenvalue weighted by Gasteiger charge is -2.23. The van der Waals surface area contributed by atoms with Crippen molar-refractivity contribution in [2.45, 2.75) is 51.1 Å². The monoisotopic (exact) mass is 291 g/mol. The first-order valence-corrected chi connectivity index (χ1v) is 7.78. The number of anilines is 1. The van der Waals surface area contributed by atoms with Gasteiger partial charge in [-0.1, -0.05) is 6.42 Å². The molecule has 5 nitrogen and oxygen atoms in total. The van der Waals surface area contributed by atoms with E-state index < -0.39 is 0 Å². The van der Waals surface area contributed by atoms with Gasteiger partial charge in [0.1, 0.15) is 0 Å². The number of ether oxygens (including phenoxy) is 2. The summed E-state index contributed by atoms with van der Waals surface area (Å²) in [7, 11) is 0. The Bertz CT molecular complexity index is 512. The average molecular weight is 291 g/mol. The van der Waals surface area contributed by atoms with E-state index >= 15 is 0 Å². The zero-order chi connectivity index (χ0) is 14.7. The van der Waals surface area contributed by atoms with Crippen molar-refractivity contribution < 1.29 is 19.6 Å². The number of carbonyl (C=O) groups excluding carboxylic acids is 1. The third-order valence-corrected chi connectivity index (χ3v) is 4.26. The van der Waals surface area contributed by atoms with Crippen LogP contribution in [0.25, 0.3) is 0 Å². The summed E-state index contributed by atoms with van der Waals surface area (Å²) in [5, 5.41) is 5.17. The van der Waals surface area contributed by atoms with Gasteiger partial charge >= 0.3 is 0 Å². The van der Waals surface area contributed by atoms with Crippen LogP contribution in [0, 0.1) is 0 Å². The van der Waals surface area contributed by atoms with Gasteiger partial charge in [-0.3, -0.25) is 4.79 Å². The summed E-state index contributed by atoms with van der Waals surface area (Å²) >= 11 is 0.